The van der Waals surface area contributed by atoms with E-state index in [0.29, 0.717) is 12.0 Å². The standard InChI is InChI=1S/C10H18N2O2/c1-8-6-12(4-2-10(8)11-13)9-3-5-14-7-9/h8-9,13H,2-7H2,1H3. The first-order chi connectivity index (χ1) is 6.81. The molecule has 0 saturated carbocycles. The topological polar surface area (TPSA) is 45.1 Å². The molecule has 0 aliphatic carbocycles. The number of nitrogens with zero attached hydrogens (tertiary/aromatic N) is 2. The predicted molar refractivity (Wildman–Crippen MR) is 53.8 cm³/mol. The van der Waals surface area contributed by atoms with Gasteiger partial charge in [-0.25, -0.2) is 0 Å². The van der Waals surface area contributed by atoms with E-state index < -0.39 is 0 Å². The maximum absolute atomic E-state index is 8.76. The first-order valence-electron chi connectivity index (χ1n) is 5.34. The van der Waals surface area contributed by atoms with E-state index in [1.165, 1.54) is 0 Å². The number of piperidine rings is 1. The summed E-state index contributed by atoms with van der Waals surface area (Å²) in [5.74, 6) is 0.384. The molecule has 0 aromatic rings. The predicted octanol–water partition coefficient (Wildman–Crippen LogP) is 0.947. The van der Waals surface area contributed by atoms with Gasteiger partial charge in [0.15, 0.2) is 0 Å². The molecule has 1 N–H and O–H groups in total. The second kappa shape index (κ2) is 4.28. The van der Waals surface area contributed by atoms with Gasteiger partial charge < -0.3 is 9.94 Å². The summed E-state index contributed by atoms with van der Waals surface area (Å²) in [5, 5.41) is 12.1. The molecule has 2 aliphatic rings. The maximum atomic E-state index is 8.76. The Morgan fingerprint density at radius 2 is 2.43 bits per heavy atom. The smallest absolute Gasteiger partial charge is 0.0624 e. The van der Waals surface area contributed by atoms with E-state index in [-0.39, 0.29) is 0 Å². The summed E-state index contributed by atoms with van der Waals surface area (Å²) in [4.78, 5) is 2.46. The number of ether oxygens (including phenoxy) is 1. The van der Waals surface area contributed by atoms with Gasteiger partial charge in [-0.1, -0.05) is 12.1 Å². The molecule has 0 radical (unpaired) electrons. The molecule has 2 rings (SSSR count). The first-order valence-corrected chi connectivity index (χ1v) is 5.34. The zero-order valence-electron chi connectivity index (χ0n) is 8.65. The van der Waals surface area contributed by atoms with Crippen molar-refractivity contribution in [1.82, 2.24) is 4.90 Å². The van der Waals surface area contributed by atoms with Gasteiger partial charge in [0.25, 0.3) is 0 Å². The summed E-state index contributed by atoms with van der Waals surface area (Å²) in [5.41, 5.74) is 0.945. The van der Waals surface area contributed by atoms with Crippen molar-refractivity contribution in [2.45, 2.75) is 25.8 Å². The molecule has 2 fully saturated rings. The van der Waals surface area contributed by atoms with Crippen LogP contribution >= 0.6 is 0 Å². The highest BCUT2D eigenvalue weighted by molar-refractivity contribution is 5.87. The SMILES string of the molecule is CC1CN(C2CCOC2)CCC1=NO. The van der Waals surface area contributed by atoms with Crippen LogP contribution in [-0.2, 0) is 4.74 Å². The van der Waals surface area contributed by atoms with E-state index in [2.05, 4.69) is 17.0 Å². The summed E-state index contributed by atoms with van der Waals surface area (Å²) in [6.07, 6.45) is 2.05. The molecule has 0 aromatic heterocycles. The number of likely N-dealkylation sites (tertiary alicyclic amines) is 1. The van der Waals surface area contributed by atoms with Crippen molar-refractivity contribution in [1.29, 1.82) is 0 Å². The third-order valence-electron chi connectivity index (χ3n) is 3.28. The van der Waals surface area contributed by atoms with Gasteiger partial charge in [-0.15, -0.1) is 0 Å². The molecule has 2 heterocycles. The van der Waals surface area contributed by atoms with E-state index in [9.17, 15) is 0 Å². The fourth-order valence-corrected chi connectivity index (χ4v) is 2.34. The monoisotopic (exact) mass is 198 g/mol. The second-order valence-electron chi connectivity index (χ2n) is 4.25. The summed E-state index contributed by atoms with van der Waals surface area (Å²) in [6, 6.07) is 0.595. The first kappa shape index (κ1) is 9.93. The molecular weight excluding hydrogens is 180 g/mol. The van der Waals surface area contributed by atoms with Crippen LogP contribution in [-0.4, -0.2) is 48.2 Å². The zero-order chi connectivity index (χ0) is 9.97. The van der Waals surface area contributed by atoms with Gasteiger partial charge in [-0.2, -0.15) is 0 Å². The molecule has 14 heavy (non-hydrogen) atoms. The van der Waals surface area contributed by atoms with Crippen molar-refractivity contribution in [3.8, 4) is 0 Å². The Balaban J connectivity index is 1.91. The van der Waals surface area contributed by atoms with Crippen molar-refractivity contribution in [3.05, 3.63) is 0 Å². The highest BCUT2D eigenvalue weighted by Crippen LogP contribution is 2.20. The molecule has 4 nitrogen and oxygen atoms in total. The quantitative estimate of drug-likeness (QED) is 0.504. The molecule has 4 heteroatoms. The minimum atomic E-state index is 0.384. The molecule has 0 bridgehead atoms. The van der Waals surface area contributed by atoms with Gasteiger partial charge in [0, 0.05) is 38.1 Å². The Hall–Kier alpha value is -0.610. The molecule has 2 unspecified atom stereocenters. The van der Waals surface area contributed by atoms with E-state index in [4.69, 9.17) is 9.94 Å². The van der Waals surface area contributed by atoms with Gasteiger partial charge in [0.2, 0.25) is 0 Å². The van der Waals surface area contributed by atoms with Gasteiger partial charge in [-0.3, -0.25) is 4.90 Å². The zero-order valence-corrected chi connectivity index (χ0v) is 8.65. The molecule has 2 saturated heterocycles. The van der Waals surface area contributed by atoms with Crippen LogP contribution in [0, 0.1) is 5.92 Å². The largest absolute Gasteiger partial charge is 0.411 e. The lowest BCUT2D eigenvalue weighted by Gasteiger charge is -2.35. The van der Waals surface area contributed by atoms with Crippen LogP contribution in [0.4, 0.5) is 0 Å². The lowest BCUT2D eigenvalue weighted by Crippen LogP contribution is -2.45. The highest BCUT2D eigenvalue weighted by Gasteiger charge is 2.29. The van der Waals surface area contributed by atoms with Gasteiger partial charge >= 0.3 is 0 Å². The molecular formula is C10H18N2O2. The van der Waals surface area contributed by atoms with E-state index in [1.807, 2.05) is 0 Å². The number of hydrogen-bond donors (Lipinski definition) is 1. The van der Waals surface area contributed by atoms with Crippen LogP contribution in [0.2, 0.25) is 0 Å². The van der Waals surface area contributed by atoms with Crippen molar-refractivity contribution in [2.24, 2.45) is 11.1 Å². The van der Waals surface area contributed by atoms with Crippen molar-refractivity contribution in [2.75, 3.05) is 26.3 Å². The lowest BCUT2D eigenvalue weighted by atomic mass is 9.96. The molecule has 2 aliphatic heterocycles. The van der Waals surface area contributed by atoms with Crippen molar-refractivity contribution >= 4 is 5.71 Å². The van der Waals surface area contributed by atoms with Crippen molar-refractivity contribution in [3.63, 3.8) is 0 Å². The van der Waals surface area contributed by atoms with E-state index >= 15 is 0 Å². The van der Waals surface area contributed by atoms with Crippen LogP contribution in [0.15, 0.2) is 5.16 Å². The third kappa shape index (κ3) is 1.91. The third-order valence-corrected chi connectivity index (χ3v) is 3.28. The molecule has 80 valence electrons. The number of rotatable bonds is 1. The van der Waals surface area contributed by atoms with Gasteiger partial charge in [0.05, 0.1) is 12.3 Å². The van der Waals surface area contributed by atoms with Crippen LogP contribution in [0.25, 0.3) is 0 Å². The van der Waals surface area contributed by atoms with E-state index in [1.54, 1.807) is 0 Å². The summed E-state index contributed by atoms with van der Waals surface area (Å²) < 4.78 is 5.38. The normalized spacial score (nSPS) is 37.9. The van der Waals surface area contributed by atoms with E-state index in [0.717, 1.165) is 44.9 Å². The Morgan fingerprint density at radius 1 is 1.57 bits per heavy atom. The minimum absolute atomic E-state index is 0.384. The summed E-state index contributed by atoms with van der Waals surface area (Å²) in [7, 11) is 0. The van der Waals surface area contributed by atoms with Crippen LogP contribution in [0.3, 0.4) is 0 Å². The van der Waals surface area contributed by atoms with Crippen LogP contribution < -0.4 is 0 Å². The minimum Gasteiger partial charge on any atom is -0.411 e. The number of oxime groups is 1. The van der Waals surface area contributed by atoms with Crippen LogP contribution in [0.5, 0.6) is 0 Å². The Bertz CT molecular complexity index is 224. The van der Waals surface area contributed by atoms with Gasteiger partial charge in [-0.05, 0) is 6.42 Å². The summed E-state index contributed by atoms with van der Waals surface area (Å²) in [6.45, 7) is 5.91. The summed E-state index contributed by atoms with van der Waals surface area (Å²) >= 11 is 0. The molecule has 0 aromatic carbocycles. The Labute approximate surface area is 84.5 Å². The Morgan fingerprint density at radius 3 is 3.00 bits per heavy atom. The van der Waals surface area contributed by atoms with Crippen molar-refractivity contribution < 1.29 is 9.94 Å². The molecule has 2 atom stereocenters. The number of hydrogen-bond acceptors (Lipinski definition) is 4. The van der Waals surface area contributed by atoms with Gasteiger partial charge in [0.1, 0.15) is 0 Å². The average molecular weight is 198 g/mol. The maximum Gasteiger partial charge on any atom is 0.0624 e. The fraction of sp³-hybridized carbons (Fsp3) is 0.900. The highest BCUT2D eigenvalue weighted by atomic mass is 16.5. The fourth-order valence-electron chi connectivity index (χ4n) is 2.34. The average Bonchev–Trinajstić information content (AvgIpc) is 2.70. The lowest BCUT2D eigenvalue weighted by molar-refractivity contribution is 0.133. The molecule has 0 amide bonds. The Kier molecular flexibility index (Phi) is 3.03. The molecule has 0 spiro atoms. The van der Waals surface area contributed by atoms with Crippen LogP contribution in [0.1, 0.15) is 19.8 Å². The second-order valence-corrected chi connectivity index (χ2v) is 4.25.